The standard InChI is InChI=1S/C22H23N3O3/c1-28-16-10-8-14(9-11-16)23-20(26)18-13-15-5-4-12-25(15)22(18)17-6-2-3-7-19(17)24-21(22)27/h2-3,6-11,15,18H,4-5,12-13H2,1H3,(H,23,26)(H,24,27)/t15-,18+,22-/m1/s1. The van der Waals surface area contributed by atoms with Gasteiger partial charge in [0.1, 0.15) is 11.3 Å². The Labute approximate surface area is 163 Å². The normalized spacial score (nSPS) is 28.1. The zero-order valence-corrected chi connectivity index (χ0v) is 15.8. The smallest absolute Gasteiger partial charge is 0.250 e. The third-order valence-electron chi connectivity index (χ3n) is 6.45. The molecule has 0 aromatic heterocycles. The lowest BCUT2D eigenvalue weighted by molar-refractivity contribution is -0.135. The molecule has 144 valence electrons. The summed E-state index contributed by atoms with van der Waals surface area (Å²) in [7, 11) is 1.61. The van der Waals surface area contributed by atoms with Gasteiger partial charge in [0, 0.05) is 23.0 Å². The summed E-state index contributed by atoms with van der Waals surface area (Å²) in [5, 5.41) is 6.06. The van der Waals surface area contributed by atoms with Gasteiger partial charge < -0.3 is 15.4 Å². The number of hydrogen-bond acceptors (Lipinski definition) is 4. The number of amides is 2. The van der Waals surface area contributed by atoms with E-state index in [1.54, 1.807) is 7.11 Å². The van der Waals surface area contributed by atoms with Crippen LogP contribution in [0.4, 0.5) is 11.4 Å². The summed E-state index contributed by atoms with van der Waals surface area (Å²) in [5.41, 5.74) is 1.55. The summed E-state index contributed by atoms with van der Waals surface area (Å²) in [4.78, 5) is 28.9. The van der Waals surface area contributed by atoms with Crippen LogP contribution < -0.4 is 15.4 Å². The van der Waals surface area contributed by atoms with Gasteiger partial charge in [0.05, 0.1) is 13.0 Å². The first-order valence-electron chi connectivity index (χ1n) is 9.77. The minimum atomic E-state index is -0.908. The molecule has 3 heterocycles. The van der Waals surface area contributed by atoms with Gasteiger partial charge in [-0.3, -0.25) is 14.5 Å². The van der Waals surface area contributed by atoms with Crippen molar-refractivity contribution in [2.45, 2.75) is 30.8 Å². The number of fused-ring (bicyclic) bond motifs is 4. The Morgan fingerprint density at radius 2 is 2.00 bits per heavy atom. The Morgan fingerprint density at radius 1 is 1.21 bits per heavy atom. The number of anilines is 2. The van der Waals surface area contributed by atoms with Crippen molar-refractivity contribution in [2.24, 2.45) is 5.92 Å². The highest BCUT2D eigenvalue weighted by Crippen LogP contribution is 2.55. The Morgan fingerprint density at radius 3 is 2.79 bits per heavy atom. The van der Waals surface area contributed by atoms with Crippen molar-refractivity contribution < 1.29 is 14.3 Å². The fraction of sp³-hybridized carbons (Fsp3) is 0.364. The number of hydrogen-bond donors (Lipinski definition) is 2. The molecule has 6 heteroatoms. The van der Waals surface area contributed by atoms with Crippen molar-refractivity contribution in [1.29, 1.82) is 0 Å². The molecule has 2 N–H and O–H groups in total. The molecule has 2 amide bonds. The van der Waals surface area contributed by atoms with Crippen LogP contribution in [-0.4, -0.2) is 36.4 Å². The Balaban J connectivity index is 1.53. The molecule has 0 aliphatic carbocycles. The molecule has 3 aliphatic heterocycles. The summed E-state index contributed by atoms with van der Waals surface area (Å²) in [5.74, 6) is 0.128. The van der Waals surface area contributed by atoms with Gasteiger partial charge in [-0.05, 0) is 56.1 Å². The van der Waals surface area contributed by atoms with Crippen LogP contribution in [0.3, 0.4) is 0 Å². The highest BCUT2D eigenvalue weighted by molar-refractivity contribution is 6.10. The van der Waals surface area contributed by atoms with Crippen LogP contribution in [0, 0.1) is 5.92 Å². The summed E-state index contributed by atoms with van der Waals surface area (Å²) in [6.07, 6.45) is 2.79. The molecule has 28 heavy (non-hydrogen) atoms. The Bertz CT molecular complexity index is 942. The summed E-state index contributed by atoms with van der Waals surface area (Å²) in [6.45, 7) is 0.846. The second-order valence-corrected chi connectivity index (χ2v) is 7.76. The molecule has 1 spiro atoms. The summed E-state index contributed by atoms with van der Waals surface area (Å²) < 4.78 is 5.18. The first-order chi connectivity index (χ1) is 13.6. The zero-order valence-electron chi connectivity index (χ0n) is 15.8. The molecule has 2 aromatic rings. The number of nitrogens with zero attached hydrogens (tertiary/aromatic N) is 1. The van der Waals surface area contributed by atoms with E-state index in [-0.39, 0.29) is 17.9 Å². The summed E-state index contributed by atoms with van der Waals surface area (Å²) in [6, 6.07) is 15.3. The zero-order chi connectivity index (χ0) is 19.3. The molecule has 0 saturated carbocycles. The predicted octanol–water partition coefficient (Wildman–Crippen LogP) is 2.97. The minimum Gasteiger partial charge on any atom is -0.497 e. The highest BCUT2D eigenvalue weighted by atomic mass is 16.5. The summed E-state index contributed by atoms with van der Waals surface area (Å²) >= 11 is 0. The van der Waals surface area contributed by atoms with E-state index in [2.05, 4.69) is 15.5 Å². The molecular formula is C22H23N3O3. The largest absolute Gasteiger partial charge is 0.497 e. The maximum Gasteiger partial charge on any atom is 0.250 e. The van der Waals surface area contributed by atoms with E-state index >= 15 is 0 Å². The topological polar surface area (TPSA) is 70.7 Å². The van der Waals surface area contributed by atoms with E-state index in [0.717, 1.165) is 36.4 Å². The van der Waals surface area contributed by atoms with Gasteiger partial charge in [0.25, 0.3) is 0 Å². The van der Waals surface area contributed by atoms with Gasteiger partial charge in [-0.1, -0.05) is 18.2 Å². The van der Waals surface area contributed by atoms with Crippen LogP contribution in [0.15, 0.2) is 48.5 Å². The van der Waals surface area contributed by atoms with Gasteiger partial charge in [0.2, 0.25) is 11.8 Å². The molecule has 3 aliphatic rings. The number of rotatable bonds is 3. The van der Waals surface area contributed by atoms with Crippen molar-refractivity contribution in [3.8, 4) is 5.75 Å². The van der Waals surface area contributed by atoms with Gasteiger partial charge in [-0.15, -0.1) is 0 Å². The number of carbonyl (C=O) groups is 2. The van der Waals surface area contributed by atoms with Crippen LogP contribution in [-0.2, 0) is 15.1 Å². The fourth-order valence-corrected chi connectivity index (χ4v) is 5.28. The number of para-hydroxylation sites is 1. The average molecular weight is 377 g/mol. The second-order valence-electron chi connectivity index (χ2n) is 7.76. The van der Waals surface area contributed by atoms with Gasteiger partial charge in [-0.25, -0.2) is 0 Å². The lowest BCUT2D eigenvalue weighted by Gasteiger charge is -2.36. The van der Waals surface area contributed by atoms with Crippen molar-refractivity contribution >= 4 is 23.2 Å². The van der Waals surface area contributed by atoms with Gasteiger partial charge in [-0.2, -0.15) is 0 Å². The van der Waals surface area contributed by atoms with Crippen molar-refractivity contribution in [1.82, 2.24) is 4.90 Å². The monoisotopic (exact) mass is 377 g/mol. The molecule has 0 bridgehead atoms. The van der Waals surface area contributed by atoms with E-state index in [9.17, 15) is 9.59 Å². The van der Waals surface area contributed by atoms with Crippen molar-refractivity contribution in [3.63, 3.8) is 0 Å². The third-order valence-corrected chi connectivity index (χ3v) is 6.45. The van der Waals surface area contributed by atoms with Crippen LogP contribution in [0.2, 0.25) is 0 Å². The van der Waals surface area contributed by atoms with Crippen LogP contribution >= 0.6 is 0 Å². The molecule has 0 radical (unpaired) electrons. The predicted molar refractivity (Wildman–Crippen MR) is 106 cm³/mol. The minimum absolute atomic E-state index is 0.0759. The van der Waals surface area contributed by atoms with E-state index in [1.807, 2.05) is 48.5 Å². The average Bonchev–Trinajstić information content (AvgIpc) is 3.37. The number of carbonyl (C=O) groups excluding carboxylic acids is 2. The molecule has 0 unspecified atom stereocenters. The number of benzene rings is 2. The first-order valence-corrected chi connectivity index (χ1v) is 9.77. The van der Waals surface area contributed by atoms with E-state index in [4.69, 9.17) is 4.74 Å². The Kier molecular flexibility index (Phi) is 3.91. The molecular weight excluding hydrogens is 354 g/mol. The van der Waals surface area contributed by atoms with Crippen LogP contribution in [0.5, 0.6) is 5.75 Å². The maximum atomic E-state index is 13.4. The van der Waals surface area contributed by atoms with Gasteiger partial charge in [0.15, 0.2) is 0 Å². The fourth-order valence-electron chi connectivity index (χ4n) is 5.28. The first kappa shape index (κ1) is 17.3. The lowest BCUT2D eigenvalue weighted by atomic mass is 9.78. The third kappa shape index (κ3) is 2.31. The van der Waals surface area contributed by atoms with Crippen molar-refractivity contribution in [2.75, 3.05) is 24.3 Å². The SMILES string of the molecule is COc1ccc(NC(=O)[C@@H]2C[C@H]3CCCN3[C@@]23C(=O)Nc2ccccc23)cc1. The molecule has 6 nitrogen and oxygen atoms in total. The Hall–Kier alpha value is -2.86. The number of nitrogens with one attached hydrogen (secondary N) is 2. The molecule has 3 atom stereocenters. The van der Waals surface area contributed by atoms with Crippen LogP contribution in [0.1, 0.15) is 24.8 Å². The van der Waals surface area contributed by atoms with Gasteiger partial charge >= 0.3 is 0 Å². The molecule has 5 rings (SSSR count). The van der Waals surface area contributed by atoms with E-state index in [1.165, 1.54) is 0 Å². The van der Waals surface area contributed by atoms with E-state index in [0.29, 0.717) is 12.1 Å². The van der Waals surface area contributed by atoms with Crippen molar-refractivity contribution in [3.05, 3.63) is 54.1 Å². The maximum absolute atomic E-state index is 13.4. The second kappa shape index (κ2) is 6.34. The quantitative estimate of drug-likeness (QED) is 0.863. The van der Waals surface area contributed by atoms with Crippen LogP contribution in [0.25, 0.3) is 0 Å². The molecule has 2 saturated heterocycles. The molecule has 2 aromatic carbocycles. The lowest BCUT2D eigenvalue weighted by Crippen LogP contribution is -2.53. The number of ether oxygens (including phenoxy) is 1. The number of methoxy groups -OCH3 is 1. The molecule has 2 fully saturated rings. The highest BCUT2D eigenvalue weighted by Gasteiger charge is 2.65. The van der Waals surface area contributed by atoms with E-state index < -0.39 is 11.5 Å².